The number of ether oxygens (including phenoxy) is 1. The van der Waals surface area contributed by atoms with Crippen LogP contribution in [0.3, 0.4) is 0 Å². The van der Waals surface area contributed by atoms with Crippen molar-refractivity contribution in [2.24, 2.45) is 5.73 Å². The number of hydrogen-bond acceptors (Lipinski definition) is 3. The molecule has 0 aromatic heterocycles. The van der Waals surface area contributed by atoms with E-state index in [1.165, 1.54) is 0 Å². The molecule has 5 heteroatoms. The molecule has 0 fully saturated rings. The lowest BCUT2D eigenvalue weighted by atomic mass is 10.2. The van der Waals surface area contributed by atoms with E-state index in [2.05, 4.69) is 5.32 Å². The van der Waals surface area contributed by atoms with E-state index in [1.54, 1.807) is 0 Å². The Labute approximate surface area is 121 Å². The summed E-state index contributed by atoms with van der Waals surface area (Å²) in [5, 5.41) is 2.85. The molecule has 0 saturated carbocycles. The molecule has 1 aromatic rings. The van der Waals surface area contributed by atoms with Crippen molar-refractivity contribution in [3.63, 3.8) is 0 Å². The molecule has 0 aliphatic rings. The summed E-state index contributed by atoms with van der Waals surface area (Å²) in [6.45, 7) is 4.80. The number of carbonyl (C=O) groups is 1. The Balaban J connectivity index is 0.00000324. The lowest BCUT2D eigenvalue weighted by molar-refractivity contribution is -0.122. The number of nitrogens with two attached hydrogens (primary N) is 1. The van der Waals surface area contributed by atoms with Crippen LogP contribution in [0.5, 0.6) is 0 Å². The van der Waals surface area contributed by atoms with Gasteiger partial charge >= 0.3 is 0 Å². The maximum atomic E-state index is 11.5. The van der Waals surface area contributed by atoms with Crippen LogP contribution in [-0.2, 0) is 16.1 Å². The van der Waals surface area contributed by atoms with Gasteiger partial charge in [0, 0.05) is 18.5 Å². The SMILES string of the molecule is CC(N)CC(=O)NC(C)COCc1ccccc1.Cl. The van der Waals surface area contributed by atoms with Crippen molar-refractivity contribution in [3.05, 3.63) is 35.9 Å². The van der Waals surface area contributed by atoms with Gasteiger partial charge in [-0.2, -0.15) is 0 Å². The Morgan fingerprint density at radius 2 is 1.95 bits per heavy atom. The van der Waals surface area contributed by atoms with Crippen molar-refractivity contribution in [1.29, 1.82) is 0 Å². The van der Waals surface area contributed by atoms with Crippen molar-refractivity contribution in [2.75, 3.05) is 6.61 Å². The van der Waals surface area contributed by atoms with Crippen molar-refractivity contribution in [1.82, 2.24) is 5.32 Å². The summed E-state index contributed by atoms with van der Waals surface area (Å²) in [7, 11) is 0. The number of amides is 1. The molecular weight excluding hydrogens is 264 g/mol. The Hall–Kier alpha value is -1.10. The van der Waals surface area contributed by atoms with Gasteiger partial charge in [0.15, 0.2) is 0 Å². The van der Waals surface area contributed by atoms with Gasteiger partial charge in [-0.1, -0.05) is 30.3 Å². The molecule has 1 amide bonds. The second-order valence-corrected chi connectivity index (χ2v) is 4.65. The maximum absolute atomic E-state index is 11.5. The average Bonchev–Trinajstić information content (AvgIpc) is 2.29. The van der Waals surface area contributed by atoms with Crippen LogP contribution in [-0.4, -0.2) is 24.6 Å². The molecule has 3 N–H and O–H groups in total. The largest absolute Gasteiger partial charge is 0.375 e. The van der Waals surface area contributed by atoms with E-state index in [0.29, 0.717) is 19.6 Å². The van der Waals surface area contributed by atoms with Crippen molar-refractivity contribution in [2.45, 2.75) is 39.0 Å². The lowest BCUT2D eigenvalue weighted by Gasteiger charge is -2.15. The topological polar surface area (TPSA) is 64.4 Å². The van der Waals surface area contributed by atoms with E-state index in [1.807, 2.05) is 44.2 Å². The summed E-state index contributed by atoms with van der Waals surface area (Å²) < 4.78 is 5.54. The zero-order chi connectivity index (χ0) is 13.4. The number of halogens is 1. The minimum atomic E-state index is -0.109. The fourth-order valence-electron chi connectivity index (χ4n) is 1.60. The van der Waals surface area contributed by atoms with Crippen LogP contribution >= 0.6 is 12.4 Å². The van der Waals surface area contributed by atoms with Gasteiger partial charge in [-0.25, -0.2) is 0 Å². The Kier molecular flexibility index (Phi) is 9.21. The molecule has 2 unspecified atom stereocenters. The Morgan fingerprint density at radius 1 is 1.32 bits per heavy atom. The van der Waals surface area contributed by atoms with E-state index >= 15 is 0 Å². The normalized spacial score (nSPS) is 13.2. The van der Waals surface area contributed by atoms with Gasteiger partial charge in [-0.15, -0.1) is 12.4 Å². The quantitative estimate of drug-likeness (QED) is 0.804. The molecule has 4 nitrogen and oxygen atoms in total. The van der Waals surface area contributed by atoms with Gasteiger partial charge in [-0.05, 0) is 19.4 Å². The summed E-state index contributed by atoms with van der Waals surface area (Å²) >= 11 is 0. The lowest BCUT2D eigenvalue weighted by Crippen LogP contribution is -2.38. The molecule has 108 valence electrons. The maximum Gasteiger partial charge on any atom is 0.221 e. The summed E-state index contributed by atoms with van der Waals surface area (Å²) in [6.07, 6.45) is 0.350. The van der Waals surface area contributed by atoms with E-state index in [4.69, 9.17) is 10.5 Å². The minimum absolute atomic E-state index is 0. The number of carbonyl (C=O) groups excluding carboxylic acids is 1. The van der Waals surface area contributed by atoms with Crippen molar-refractivity contribution < 1.29 is 9.53 Å². The molecule has 0 heterocycles. The first-order valence-electron chi connectivity index (χ1n) is 6.24. The van der Waals surface area contributed by atoms with Gasteiger partial charge in [0.1, 0.15) is 0 Å². The van der Waals surface area contributed by atoms with Crippen LogP contribution in [0.15, 0.2) is 30.3 Å². The standard InChI is InChI=1S/C14H22N2O2.ClH/c1-11(15)8-14(17)16-12(2)9-18-10-13-6-4-3-5-7-13;/h3-7,11-12H,8-10,15H2,1-2H3,(H,16,17);1H. The minimum Gasteiger partial charge on any atom is -0.375 e. The highest BCUT2D eigenvalue weighted by Gasteiger charge is 2.09. The highest BCUT2D eigenvalue weighted by Crippen LogP contribution is 2.01. The monoisotopic (exact) mass is 286 g/mol. The molecule has 0 radical (unpaired) electrons. The molecule has 19 heavy (non-hydrogen) atoms. The molecule has 1 rings (SSSR count). The predicted molar refractivity (Wildman–Crippen MR) is 79.2 cm³/mol. The fraction of sp³-hybridized carbons (Fsp3) is 0.500. The van der Waals surface area contributed by atoms with E-state index in [0.717, 1.165) is 5.56 Å². The average molecular weight is 287 g/mol. The Morgan fingerprint density at radius 3 is 2.53 bits per heavy atom. The number of rotatable bonds is 7. The van der Waals surface area contributed by atoms with Crippen LogP contribution in [0.25, 0.3) is 0 Å². The first-order chi connectivity index (χ1) is 8.58. The summed E-state index contributed by atoms with van der Waals surface area (Å²) in [5.74, 6) is -0.0270. The van der Waals surface area contributed by atoms with Crippen molar-refractivity contribution >= 4 is 18.3 Å². The number of benzene rings is 1. The molecule has 0 bridgehead atoms. The van der Waals surface area contributed by atoms with E-state index in [9.17, 15) is 4.79 Å². The highest BCUT2D eigenvalue weighted by atomic mass is 35.5. The van der Waals surface area contributed by atoms with Gasteiger partial charge in [-0.3, -0.25) is 4.79 Å². The van der Waals surface area contributed by atoms with Crippen LogP contribution in [0, 0.1) is 0 Å². The first kappa shape index (κ1) is 17.9. The number of hydrogen-bond donors (Lipinski definition) is 2. The number of nitrogens with one attached hydrogen (secondary N) is 1. The zero-order valence-electron chi connectivity index (χ0n) is 11.5. The molecule has 2 atom stereocenters. The first-order valence-corrected chi connectivity index (χ1v) is 6.24. The van der Waals surface area contributed by atoms with Crippen molar-refractivity contribution in [3.8, 4) is 0 Å². The summed E-state index contributed by atoms with van der Waals surface area (Å²) in [6, 6.07) is 9.85. The predicted octanol–water partition coefficient (Wildman–Crippen LogP) is 1.87. The van der Waals surface area contributed by atoms with E-state index < -0.39 is 0 Å². The highest BCUT2D eigenvalue weighted by molar-refractivity contribution is 5.85. The molecule has 0 aliphatic carbocycles. The van der Waals surface area contributed by atoms with Crippen LogP contribution in [0.1, 0.15) is 25.8 Å². The summed E-state index contributed by atoms with van der Waals surface area (Å²) in [5.41, 5.74) is 6.68. The van der Waals surface area contributed by atoms with Gasteiger partial charge in [0.05, 0.1) is 13.2 Å². The summed E-state index contributed by atoms with van der Waals surface area (Å²) in [4.78, 5) is 11.5. The molecule has 1 aromatic carbocycles. The smallest absolute Gasteiger partial charge is 0.221 e. The second kappa shape index (κ2) is 9.78. The third kappa shape index (κ3) is 8.59. The molecular formula is C14H23ClN2O2. The van der Waals surface area contributed by atoms with Gasteiger partial charge in [0.25, 0.3) is 0 Å². The van der Waals surface area contributed by atoms with Gasteiger partial charge in [0.2, 0.25) is 5.91 Å². The fourth-order valence-corrected chi connectivity index (χ4v) is 1.60. The van der Waals surface area contributed by atoms with Crippen LogP contribution in [0.2, 0.25) is 0 Å². The zero-order valence-corrected chi connectivity index (χ0v) is 12.3. The third-order valence-corrected chi connectivity index (χ3v) is 2.39. The van der Waals surface area contributed by atoms with E-state index in [-0.39, 0.29) is 30.4 Å². The Bertz CT molecular complexity index is 358. The second-order valence-electron chi connectivity index (χ2n) is 4.65. The molecule has 0 aliphatic heterocycles. The van der Waals surface area contributed by atoms with Crippen LogP contribution < -0.4 is 11.1 Å². The molecule has 0 saturated heterocycles. The van der Waals surface area contributed by atoms with Gasteiger partial charge < -0.3 is 15.8 Å². The third-order valence-electron chi connectivity index (χ3n) is 2.39. The molecule has 0 spiro atoms. The van der Waals surface area contributed by atoms with Crippen LogP contribution in [0.4, 0.5) is 0 Å².